The minimum Gasteiger partial charge on any atom is -0.410 e. The van der Waals surface area contributed by atoms with E-state index in [9.17, 15) is 4.79 Å². The average Bonchev–Trinajstić information content (AvgIpc) is 2.87. The Hall–Kier alpha value is -2.89. The summed E-state index contributed by atoms with van der Waals surface area (Å²) in [6.45, 7) is 0. The van der Waals surface area contributed by atoms with Crippen LogP contribution in [-0.2, 0) is 0 Å². The molecule has 1 N–H and O–H groups in total. The van der Waals surface area contributed by atoms with Crippen LogP contribution < -0.4 is 10.1 Å². The number of imidazole rings is 1. The Morgan fingerprint density at radius 2 is 2.05 bits per heavy atom. The van der Waals surface area contributed by atoms with Crippen LogP contribution in [0.5, 0.6) is 5.75 Å². The van der Waals surface area contributed by atoms with Crippen molar-refractivity contribution in [2.45, 2.75) is 0 Å². The molecule has 0 atom stereocenters. The van der Waals surface area contributed by atoms with Crippen molar-refractivity contribution < 1.29 is 9.53 Å². The second-order valence-corrected chi connectivity index (χ2v) is 3.80. The predicted octanol–water partition coefficient (Wildman–Crippen LogP) is 2.34. The Kier molecular flexibility index (Phi) is 2.82. The first-order valence-corrected chi connectivity index (χ1v) is 5.64. The van der Waals surface area contributed by atoms with Crippen molar-refractivity contribution in [2.24, 2.45) is 0 Å². The fraction of sp³-hybridized carbons (Fsp3) is 0. The quantitative estimate of drug-likeness (QED) is 0.762. The zero-order valence-corrected chi connectivity index (χ0v) is 9.85. The molecule has 2 aromatic heterocycles. The standard InChI is InChI=1S/C13H10N4O2/c18-13(19-11-4-2-1-3-5-11)16-10-8-15-12-14-6-7-17(12)9-10/h1-9H,(H,16,18). The van der Waals surface area contributed by atoms with Crippen LogP contribution in [0.25, 0.3) is 5.78 Å². The van der Waals surface area contributed by atoms with E-state index in [0.717, 1.165) is 0 Å². The topological polar surface area (TPSA) is 68.5 Å². The minimum atomic E-state index is -0.563. The van der Waals surface area contributed by atoms with Crippen molar-refractivity contribution in [3.8, 4) is 5.75 Å². The summed E-state index contributed by atoms with van der Waals surface area (Å²) in [6.07, 6.45) is 6.05. The highest BCUT2D eigenvalue weighted by Gasteiger charge is 2.06. The van der Waals surface area contributed by atoms with E-state index < -0.39 is 6.09 Å². The molecule has 0 aliphatic carbocycles. The number of amides is 1. The molecule has 0 fully saturated rings. The van der Waals surface area contributed by atoms with Gasteiger partial charge in [-0.25, -0.2) is 14.8 Å². The van der Waals surface area contributed by atoms with Gasteiger partial charge >= 0.3 is 6.09 Å². The summed E-state index contributed by atoms with van der Waals surface area (Å²) in [5.41, 5.74) is 0.534. The van der Waals surface area contributed by atoms with E-state index in [1.165, 1.54) is 6.20 Å². The summed E-state index contributed by atoms with van der Waals surface area (Å²) in [7, 11) is 0. The van der Waals surface area contributed by atoms with Crippen LogP contribution in [0.15, 0.2) is 55.1 Å². The number of benzene rings is 1. The van der Waals surface area contributed by atoms with Crippen LogP contribution in [0.2, 0.25) is 0 Å². The van der Waals surface area contributed by atoms with Gasteiger partial charge in [0.15, 0.2) is 0 Å². The summed E-state index contributed by atoms with van der Waals surface area (Å²) in [4.78, 5) is 19.8. The molecule has 3 aromatic rings. The first kappa shape index (κ1) is 11.2. The lowest BCUT2D eigenvalue weighted by Crippen LogP contribution is -2.17. The third kappa shape index (κ3) is 2.52. The zero-order chi connectivity index (χ0) is 13.1. The van der Waals surface area contributed by atoms with Gasteiger partial charge in [-0.3, -0.25) is 9.72 Å². The fourth-order valence-electron chi connectivity index (χ4n) is 1.62. The van der Waals surface area contributed by atoms with E-state index in [-0.39, 0.29) is 0 Å². The molecule has 0 bridgehead atoms. The maximum absolute atomic E-state index is 11.7. The van der Waals surface area contributed by atoms with Crippen LogP contribution in [-0.4, -0.2) is 20.5 Å². The maximum atomic E-state index is 11.7. The summed E-state index contributed by atoms with van der Waals surface area (Å²) in [5.74, 6) is 1.05. The molecule has 0 aliphatic heterocycles. The molecule has 19 heavy (non-hydrogen) atoms. The maximum Gasteiger partial charge on any atom is 0.417 e. The second-order valence-electron chi connectivity index (χ2n) is 3.80. The van der Waals surface area contributed by atoms with Gasteiger partial charge < -0.3 is 4.74 Å². The molecule has 2 heterocycles. The molecule has 0 saturated carbocycles. The molecule has 6 heteroatoms. The van der Waals surface area contributed by atoms with Crippen LogP contribution in [0.1, 0.15) is 0 Å². The number of para-hydroxylation sites is 1. The van der Waals surface area contributed by atoms with E-state index >= 15 is 0 Å². The number of carbonyl (C=O) groups is 1. The lowest BCUT2D eigenvalue weighted by atomic mass is 10.3. The number of nitrogens with zero attached hydrogens (tertiary/aromatic N) is 3. The average molecular weight is 254 g/mol. The van der Waals surface area contributed by atoms with Gasteiger partial charge in [-0.05, 0) is 12.1 Å². The molecule has 1 aromatic carbocycles. The van der Waals surface area contributed by atoms with E-state index in [0.29, 0.717) is 17.2 Å². The number of hydrogen-bond acceptors (Lipinski definition) is 4. The minimum absolute atomic E-state index is 0.483. The first-order valence-electron chi connectivity index (χ1n) is 5.64. The summed E-state index contributed by atoms with van der Waals surface area (Å²) >= 11 is 0. The van der Waals surface area contributed by atoms with Crippen LogP contribution >= 0.6 is 0 Å². The third-order valence-corrected chi connectivity index (χ3v) is 2.45. The Morgan fingerprint density at radius 1 is 1.21 bits per heavy atom. The highest BCUT2D eigenvalue weighted by atomic mass is 16.6. The lowest BCUT2D eigenvalue weighted by molar-refractivity contribution is 0.215. The predicted molar refractivity (Wildman–Crippen MR) is 69.1 cm³/mol. The zero-order valence-electron chi connectivity index (χ0n) is 9.85. The Balaban J connectivity index is 1.72. The monoisotopic (exact) mass is 254 g/mol. The molecule has 6 nitrogen and oxygen atoms in total. The Morgan fingerprint density at radius 3 is 2.89 bits per heavy atom. The van der Waals surface area contributed by atoms with Crippen LogP contribution in [0.3, 0.4) is 0 Å². The van der Waals surface area contributed by atoms with E-state index in [4.69, 9.17) is 4.74 Å². The van der Waals surface area contributed by atoms with Crippen LogP contribution in [0, 0.1) is 0 Å². The van der Waals surface area contributed by atoms with Crippen LogP contribution in [0.4, 0.5) is 10.5 Å². The molecule has 0 radical (unpaired) electrons. The normalized spacial score (nSPS) is 10.3. The number of ether oxygens (including phenoxy) is 1. The fourth-order valence-corrected chi connectivity index (χ4v) is 1.62. The van der Waals surface area contributed by atoms with Crippen molar-refractivity contribution >= 4 is 17.6 Å². The molecular weight excluding hydrogens is 244 g/mol. The van der Waals surface area contributed by atoms with Gasteiger partial charge in [0.05, 0.1) is 11.9 Å². The number of anilines is 1. The number of aromatic nitrogens is 3. The van der Waals surface area contributed by atoms with Crippen molar-refractivity contribution in [3.63, 3.8) is 0 Å². The highest BCUT2D eigenvalue weighted by Crippen LogP contribution is 2.11. The van der Waals surface area contributed by atoms with Gasteiger partial charge in [-0.2, -0.15) is 0 Å². The Bertz CT molecular complexity index is 709. The van der Waals surface area contributed by atoms with Crippen molar-refractivity contribution in [1.29, 1.82) is 0 Å². The number of rotatable bonds is 2. The Labute approximate surface area is 108 Å². The van der Waals surface area contributed by atoms with E-state index in [2.05, 4.69) is 15.3 Å². The summed E-state index contributed by atoms with van der Waals surface area (Å²) in [5, 5.41) is 2.60. The van der Waals surface area contributed by atoms with Crippen molar-refractivity contribution in [3.05, 3.63) is 55.1 Å². The molecule has 0 spiro atoms. The van der Waals surface area contributed by atoms with Gasteiger partial charge in [-0.15, -0.1) is 0 Å². The summed E-state index contributed by atoms with van der Waals surface area (Å²) in [6, 6.07) is 8.85. The highest BCUT2D eigenvalue weighted by molar-refractivity contribution is 5.85. The molecule has 0 saturated heterocycles. The van der Waals surface area contributed by atoms with Gasteiger partial charge in [-0.1, -0.05) is 18.2 Å². The largest absolute Gasteiger partial charge is 0.417 e. The van der Waals surface area contributed by atoms with Crippen molar-refractivity contribution in [2.75, 3.05) is 5.32 Å². The molecule has 1 amide bonds. The second kappa shape index (κ2) is 4.77. The molecule has 0 unspecified atom stereocenters. The van der Waals surface area contributed by atoms with Gasteiger partial charge in [0.1, 0.15) is 5.75 Å². The molecule has 3 rings (SSSR count). The number of nitrogens with one attached hydrogen (secondary N) is 1. The number of fused-ring (bicyclic) bond motifs is 1. The van der Waals surface area contributed by atoms with E-state index in [1.54, 1.807) is 47.3 Å². The van der Waals surface area contributed by atoms with Crippen molar-refractivity contribution in [1.82, 2.24) is 14.4 Å². The van der Waals surface area contributed by atoms with E-state index in [1.807, 2.05) is 6.07 Å². The summed E-state index contributed by atoms with van der Waals surface area (Å²) < 4.78 is 6.82. The van der Waals surface area contributed by atoms with Gasteiger partial charge in [0.2, 0.25) is 5.78 Å². The first-order chi connectivity index (χ1) is 9.31. The number of carbonyl (C=O) groups excluding carboxylic acids is 1. The molecule has 94 valence electrons. The molecule has 0 aliphatic rings. The number of hydrogen-bond donors (Lipinski definition) is 1. The third-order valence-electron chi connectivity index (χ3n) is 2.45. The SMILES string of the molecule is O=C(Nc1cnc2nccn2c1)Oc1ccccc1. The van der Waals surface area contributed by atoms with Gasteiger partial charge in [0, 0.05) is 18.6 Å². The molecular formula is C13H10N4O2. The lowest BCUT2D eigenvalue weighted by Gasteiger charge is -2.06. The van der Waals surface area contributed by atoms with Gasteiger partial charge in [0.25, 0.3) is 0 Å². The smallest absolute Gasteiger partial charge is 0.410 e.